The highest BCUT2D eigenvalue weighted by Crippen LogP contribution is 2.07. The Labute approximate surface area is 85.0 Å². The Morgan fingerprint density at radius 1 is 1.08 bits per heavy atom. The first-order valence-corrected chi connectivity index (χ1v) is 3.13. The van der Waals surface area contributed by atoms with Crippen LogP contribution in [0.4, 0.5) is 5.69 Å². The van der Waals surface area contributed by atoms with Crippen LogP contribution in [0.25, 0.3) is 0 Å². The number of hydrogen-bond acceptors (Lipinski definition) is 1. The molecular weight excluding hydrogens is 193 g/mol. The molecule has 1 rings (SSSR count). The second kappa shape index (κ2) is 8.31. The van der Waals surface area contributed by atoms with E-state index in [9.17, 15) is 0 Å². The van der Waals surface area contributed by atoms with Gasteiger partial charge in [0.25, 0.3) is 0 Å². The smallest absolute Gasteiger partial charge is 0.0629 e. The Morgan fingerprint density at radius 2 is 1.67 bits per heavy atom. The summed E-state index contributed by atoms with van der Waals surface area (Å²) in [5.74, 6) is 0. The van der Waals surface area contributed by atoms with Gasteiger partial charge in [-0.1, -0.05) is 30.9 Å². The fourth-order valence-corrected chi connectivity index (χ4v) is 0.653. The van der Waals surface area contributed by atoms with Gasteiger partial charge in [0, 0.05) is 6.21 Å². The minimum Gasteiger partial charge on any atom is -0.257 e. The van der Waals surface area contributed by atoms with Crippen molar-refractivity contribution in [1.29, 1.82) is 0 Å². The average molecular weight is 204 g/mol. The maximum absolute atomic E-state index is 4.08. The molecular formula is C9H11Cl2N. The second-order valence-electron chi connectivity index (χ2n) is 1.85. The lowest BCUT2D eigenvalue weighted by Crippen LogP contribution is -1.63. The minimum atomic E-state index is 0. The van der Waals surface area contributed by atoms with E-state index in [-0.39, 0.29) is 24.8 Å². The highest BCUT2D eigenvalue weighted by molar-refractivity contribution is 5.85. The summed E-state index contributed by atoms with van der Waals surface area (Å²) in [7, 11) is 0. The molecule has 3 heteroatoms. The zero-order chi connectivity index (χ0) is 7.23. The van der Waals surface area contributed by atoms with Crippen LogP contribution in [0.5, 0.6) is 0 Å². The van der Waals surface area contributed by atoms with Crippen molar-refractivity contribution in [3.63, 3.8) is 0 Å². The average Bonchev–Trinajstić information content (AvgIpc) is 2.03. The number of allylic oxidation sites excluding steroid dienone is 1. The number of halogens is 2. The van der Waals surface area contributed by atoms with Crippen molar-refractivity contribution in [2.75, 3.05) is 0 Å². The summed E-state index contributed by atoms with van der Waals surface area (Å²) in [4.78, 5) is 4.08. The molecule has 0 saturated carbocycles. The fourth-order valence-electron chi connectivity index (χ4n) is 0.653. The fraction of sp³-hybridized carbons (Fsp3) is 0. The molecule has 0 fully saturated rings. The molecule has 0 aliphatic rings. The second-order valence-corrected chi connectivity index (χ2v) is 1.85. The van der Waals surface area contributed by atoms with Crippen LogP contribution >= 0.6 is 24.8 Å². The molecule has 0 bridgehead atoms. The molecule has 0 aromatic heterocycles. The van der Waals surface area contributed by atoms with E-state index in [1.54, 1.807) is 12.3 Å². The van der Waals surface area contributed by atoms with Crippen LogP contribution in [0.15, 0.2) is 48.0 Å². The summed E-state index contributed by atoms with van der Waals surface area (Å²) in [6.07, 6.45) is 3.34. The molecule has 1 nitrogen and oxygen atoms in total. The van der Waals surface area contributed by atoms with Gasteiger partial charge in [0.1, 0.15) is 0 Å². The van der Waals surface area contributed by atoms with E-state index < -0.39 is 0 Å². The van der Waals surface area contributed by atoms with E-state index in [1.165, 1.54) is 0 Å². The molecule has 0 atom stereocenters. The van der Waals surface area contributed by atoms with Gasteiger partial charge < -0.3 is 0 Å². The maximum atomic E-state index is 4.08. The van der Waals surface area contributed by atoms with Crippen LogP contribution < -0.4 is 0 Å². The van der Waals surface area contributed by atoms with E-state index in [2.05, 4.69) is 11.6 Å². The third-order valence-electron chi connectivity index (χ3n) is 1.09. The van der Waals surface area contributed by atoms with Gasteiger partial charge in [0.05, 0.1) is 5.69 Å². The van der Waals surface area contributed by atoms with Gasteiger partial charge in [0.2, 0.25) is 0 Å². The molecule has 0 radical (unpaired) electrons. The van der Waals surface area contributed by atoms with E-state index in [1.807, 2.05) is 30.3 Å². The van der Waals surface area contributed by atoms with Gasteiger partial charge in [-0.05, 0) is 12.1 Å². The Morgan fingerprint density at radius 3 is 2.17 bits per heavy atom. The zero-order valence-corrected chi connectivity index (χ0v) is 8.15. The molecule has 12 heavy (non-hydrogen) atoms. The van der Waals surface area contributed by atoms with Crippen molar-refractivity contribution < 1.29 is 0 Å². The summed E-state index contributed by atoms with van der Waals surface area (Å²) in [6.45, 7) is 3.53. The third kappa shape index (κ3) is 4.94. The molecule has 0 N–H and O–H groups in total. The third-order valence-corrected chi connectivity index (χ3v) is 1.09. The van der Waals surface area contributed by atoms with Crippen LogP contribution in [-0.2, 0) is 0 Å². The van der Waals surface area contributed by atoms with Crippen molar-refractivity contribution in [3.8, 4) is 0 Å². The monoisotopic (exact) mass is 203 g/mol. The normalized spacial score (nSPS) is 8.33. The standard InChI is InChI=1S/C9H9N.2ClH/c1-2-8-10-9-6-4-3-5-7-9;;/h2-8H,1H2;2*1H. The van der Waals surface area contributed by atoms with Crippen molar-refractivity contribution in [2.45, 2.75) is 0 Å². The first-order chi connectivity index (χ1) is 4.93. The van der Waals surface area contributed by atoms with Crippen LogP contribution in [0.3, 0.4) is 0 Å². The number of nitrogens with zero attached hydrogens (tertiary/aromatic N) is 1. The molecule has 0 amide bonds. The molecule has 66 valence electrons. The molecule has 0 aliphatic heterocycles. The van der Waals surface area contributed by atoms with E-state index in [0.29, 0.717) is 0 Å². The highest BCUT2D eigenvalue weighted by atomic mass is 35.5. The summed E-state index contributed by atoms with van der Waals surface area (Å²) in [6, 6.07) is 9.76. The summed E-state index contributed by atoms with van der Waals surface area (Å²) in [5, 5.41) is 0. The van der Waals surface area contributed by atoms with Crippen LogP contribution in [-0.4, -0.2) is 6.21 Å². The Kier molecular flexibility index (Phi) is 9.54. The SMILES string of the molecule is C=CC=Nc1ccccc1.Cl.Cl. The van der Waals surface area contributed by atoms with Gasteiger partial charge in [-0.3, -0.25) is 4.99 Å². The molecule has 0 aliphatic carbocycles. The predicted molar refractivity (Wildman–Crippen MR) is 59.3 cm³/mol. The first-order valence-electron chi connectivity index (χ1n) is 3.13. The summed E-state index contributed by atoms with van der Waals surface area (Å²) >= 11 is 0. The summed E-state index contributed by atoms with van der Waals surface area (Å²) < 4.78 is 0. The van der Waals surface area contributed by atoms with Crippen molar-refractivity contribution in [1.82, 2.24) is 0 Å². The minimum absolute atomic E-state index is 0. The van der Waals surface area contributed by atoms with Crippen molar-refractivity contribution in [2.24, 2.45) is 4.99 Å². The van der Waals surface area contributed by atoms with Crippen molar-refractivity contribution >= 4 is 36.7 Å². The Balaban J connectivity index is 0. The van der Waals surface area contributed by atoms with Gasteiger partial charge >= 0.3 is 0 Å². The van der Waals surface area contributed by atoms with Crippen LogP contribution in [0.2, 0.25) is 0 Å². The lowest BCUT2D eigenvalue weighted by molar-refractivity contribution is 1.54. The van der Waals surface area contributed by atoms with Gasteiger partial charge in [0.15, 0.2) is 0 Å². The molecule has 0 spiro atoms. The lowest BCUT2D eigenvalue weighted by Gasteiger charge is -1.87. The van der Waals surface area contributed by atoms with E-state index in [0.717, 1.165) is 5.69 Å². The van der Waals surface area contributed by atoms with Crippen molar-refractivity contribution in [3.05, 3.63) is 43.0 Å². The molecule has 0 heterocycles. The van der Waals surface area contributed by atoms with Gasteiger partial charge in [-0.25, -0.2) is 0 Å². The summed E-state index contributed by atoms with van der Waals surface area (Å²) in [5.41, 5.74) is 0.961. The van der Waals surface area contributed by atoms with E-state index in [4.69, 9.17) is 0 Å². The highest BCUT2D eigenvalue weighted by Gasteiger charge is 1.79. The molecule has 1 aromatic carbocycles. The molecule has 0 saturated heterocycles. The molecule has 1 aromatic rings. The maximum Gasteiger partial charge on any atom is 0.0629 e. The van der Waals surface area contributed by atoms with E-state index >= 15 is 0 Å². The van der Waals surface area contributed by atoms with Gasteiger partial charge in [-0.2, -0.15) is 0 Å². The lowest BCUT2D eigenvalue weighted by atomic mass is 10.3. The van der Waals surface area contributed by atoms with Crippen LogP contribution in [0.1, 0.15) is 0 Å². The first kappa shape index (κ1) is 13.8. The molecule has 0 unspecified atom stereocenters. The predicted octanol–water partition coefficient (Wildman–Crippen LogP) is 3.42. The number of benzene rings is 1. The zero-order valence-electron chi connectivity index (χ0n) is 6.51. The van der Waals surface area contributed by atoms with Gasteiger partial charge in [-0.15, -0.1) is 24.8 Å². The number of hydrogen-bond donors (Lipinski definition) is 0. The largest absolute Gasteiger partial charge is 0.257 e. The Hall–Kier alpha value is -0.790. The number of aliphatic imine (C=N–C) groups is 1. The quantitative estimate of drug-likeness (QED) is 0.654. The topological polar surface area (TPSA) is 12.4 Å². The number of para-hydroxylation sites is 1. The van der Waals surface area contributed by atoms with Crippen LogP contribution in [0, 0.1) is 0 Å². The Bertz CT molecular complexity index is 232. The number of rotatable bonds is 2.